The molecule has 0 aromatic heterocycles. The second-order valence-corrected chi connectivity index (χ2v) is 8.07. The number of amides is 2. The highest BCUT2D eigenvalue weighted by atomic mass is 16.5. The molecule has 2 N–H and O–H groups in total. The van der Waals surface area contributed by atoms with Crippen LogP contribution in [-0.4, -0.2) is 67.2 Å². The first-order valence-corrected chi connectivity index (χ1v) is 10.2. The van der Waals surface area contributed by atoms with Crippen molar-refractivity contribution in [1.82, 2.24) is 15.5 Å². The minimum absolute atomic E-state index is 0.0813. The second-order valence-electron chi connectivity index (χ2n) is 8.07. The molecule has 1 saturated carbocycles. The van der Waals surface area contributed by atoms with Gasteiger partial charge in [-0.2, -0.15) is 0 Å². The van der Waals surface area contributed by atoms with Crippen LogP contribution in [0.15, 0.2) is 24.3 Å². The summed E-state index contributed by atoms with van der Waals surface area (Å²) >= 11 is 0. The normalized spacial score (nSPS) is 29.2. The van der Waals surface area contributed by atoms with Crippen LogP contribution < -0.4 is 15.4 Å². The Labute approximate surface area is 165 Å². The van der Waals surface area contributed by atoms with Gasteiger partial charge in [-0.1, -0.05) is 12.1 Å². The van der Waals surface area contributed by atoms with Crippen LogP contribution in [0.25, 0.3) is 0 Å². The zero-order valence-corrected chi connectivity index (χ0v) is 16.4. The summed E-state index contributed by atoms with van der Waals surface area (Å²) in [5.41, 5.74) is 0.202. The third-order valence-corrected chi connectivity index (χ3v) is 6.25. The van der Waals surface area contributed by atoms with E-state index in [0.29, 0.717) is 31.1 Å². The van der Waals surface area contributed by atoms with E-state index in [-0.39, 0.29) is 29.5 Å². The smallest absolute Gasteiger partial charge is 0.255 e. The van der Waals surface area contributed by atoms with Gasteiger partial charge in [0.25, 0.3) is 5.91 Å². The minimum atomic E-state index is -0.390. The van der Waals surface area contributed by atoms with Crippen LogP contribution in [0, 0.1) is 0 Å². The Bertz CT molecular complexity index is 724. The summed E-state index contributed by atoms with van der Waals surface area (Å²) in [6.45, 7) is 5.45. The molecule has 1 aromatic carbocycles. The number of hydrogen-bond donors (Lipinski definition) is 2. The summed E-state index contributed by atoms with van der Waals surface area (Å²) < 4.78 is 11.7. The van der Waals surface area contributed by atoms with Crippen LogP contribution in [0.3, 0.4) is 0 Å². The van der Waals surface area contributed by atoms with Crippen LogP contribution in [-0.2, 0) is 9.53 Å². The molecule has 2 heterocycles. The lowest BCUT2D eigenvalue weighted by molar-refractivity contribution is -0.128. The Morgan fingerprint density at radius 3 is 2.71 bits per heavy atom. The highest BCUT2D eigenvalue weighted by Gasteiger charge is 2.41. The molecule has 2 fully saturated rings. The van der Waals surface area contributed by atoms with Gasteiger partial charge in [-0.15, -0.1) is 0 Å². The zero-order chi connectivity index (χ0) is 19.6. The van der Waals surface area contributed by atoms with Gasteiger partial charge in [-0.3, -0.25) is 14.5 Å². The van der Waals surface area contributed by atoms with Crippen molar-refractivity contribution in [2.24, 2.45) is 0 Å². The number of carbonyl (C=O) groups excluding carboxylic acids is 2. The molecule has 3 aliphatic rings. The Morgan fingerprint density at radius 1 is 1.25 bits per heavy atom. The summed E-state index contributed by atoms with van der Waals surface area (Å²) in [5.74, 6) is 0.659. The summed E-state index contributed by atoms with van der Waals surface area (Å²) in [6.07, 6.45) is 3.30. The van der Waals surface area contributed by atoms with Crippen LogP contribution >= 0.6 is 0 Å². The zero-order valence-electron chi connectivity index (χ0n) is 16.4. The number of rotatable bonds is 3. The maximum absolute atomic E-state index is 12.7. The molecule has 0 radical (unpaired) electrons. The summed E-state index contributed by atoms with van der Waals surface area (Å²) in [7, 11) is 0. The first kappa shape index (κ1) is 19.2. The minimum Gasteiger partial charge on any atom is -0.485 e. The first-order chi connectivity index (χ1) is 13.6. The molecule has 152 valence electrons. The van der Waals surface area contributed by atoms with Gasteiger partial charge in [0.2, 0.25) is 5.91 Å². The van der Waals surface area contributed by atoms with Gasteiger partial charge in [-0.25, -0.2) is 0 Å². The highest BCUT2D eigenvalue weighted by molar-refractivity contribution is 5.97. The number of nitrogens with one attached hydrogen (secondary N) is 2. The molecule has 2 amide bonds. The van der Waals surface area contributed by atoms with E-state index in [4.69, 9.17) is 9.47 Å². The van der Waals surface area contributed by atoms with Crippen molar-refractivity contribution in [3.05, 3.63) is 29.8 Å². The number of ether oxygens (including phenoxy) is 2. The summed E-state index contributed by atoms with van der Waals surface area (Å²) in [4.78, 5) is 27.1. The standard InChI is InChI=1S/C21H29N3O4/c1-15(24-10-12-27-13-11-24)19(25)23-16-6-8-21(9-7-16)14-22-20(26)17-4-2-3-5-18(17)28-21/h2-5,15-16H,6-14H2,1H3,(H,22,26)(H,23,25)/t15-,16?,21?/m0/s1. The molecule has 1 spiro atoms. The number of nitrogens with zero attached hydrogens (tertiary/aromatic N) is 1. The maximum Gasteiger partial charge on any atom is 0.255 e. The Hall–Kier alpha value is -2.12. The van der Waals surface area contributed by atoms with E-state index in [1.165, 1.54) is 0 Å². The molecule has 1 atom stereocenters. The molecular formula is C21H29N3O4. The number of benzene rings is 1. The molecule has 1 aliphatic carbocycles. The van der Waals surface area contributed by atoms with Crippen LogP contribution in [0.5, 0.6) is 5.75 Å². The molecule has 28 heavy (non-hydrogen) atoms. The van der Waals surface area contributed by atoms with Crippen molar-refractivity contribution in [1.29, 1.82) is 0 Å². The van der Waals surface area contributed by atoms with Gasteiger partial charge >= 0.3 is 0 Å². The van der Waals surface area contributed by atoms with Gasteiger partial charge in [0, 0.05) is 19.1 Å². The third kappa shape index (κ3) is 4.00. The Morgan fingerprint density at radius 2 is 1.96 bits per heavy atom. The molecule has 7 heteroatoms. The topological polar surface area (TPSA) is 79.9 Å². The molecule has 4 rings (SSSR count). The number of fused-ring (bicyclic) bond motifs is 1. The van der Waals surface area contributed by atoms with Crippen molar-refractivity contribution in [3.63, 3.8) is 0 Å². The number of para-hydroxylation sites is 1. The Balaban J connectivity index is 1.34. The predicted octanol–water partition coefficient (Wildman–Crippen LogP) is 1.33. The van der Waals surface area contributed by atoms with Gasteiger partial charge < -0.3 is 20.1 Å². The van der Waals surface area contributed by atoms with E-state index in [9.17, 15) is 9.59 Å². The molecule has 7 nitrogen and oxygen atoms in total. The van der Waals surface area contributed by atoms with Crippen LogP contribution in [0.4, 0.5) is 0 Å². The predicted molar refractivity (Wildman–Crippen MR) is 104 cm³/mol. The van der Waals surface area contributed by atoms with Crippen molar-refractivity contribution in [2.75, 3.05) is 32.8 Å². The third-order valence-electron chi connectivity index (χ3n) is 6.25. The van der Waals surface area contributed by atoms with E-state index in [0.717, 1.165) is 38.8 Å². The van der Waals surface area contributed by atoms with Gasteiger partial charge in [-0.05, 0) is 44.7 Å². The summed E-state index contributed by atoms with van der Waals surface area (Å²) in [6, 6.07) is 7.41. The lowest BCUT2D eigenvalue weighted by Gasteiger charge is -2.40. The lowest BCUT2D eigenvalue weighted by Crippen LogP contribution is -2.54. The van der Waals surface area contributed by atoms with E-state index < -0.39 is 0 Å². The SMILES string of the molecule is C[C@@H](C(=O)NC1CCC2(CC1)CNC(=O)c1ccccc1O2)N1CCOCC1. The molecule has 0 unspecified atom stereocenters. The highest BCUT2D eigenvalue weighted by Crippen LogP contribution is 2.36. The van der Waals surface area contributed by atoms with Crippen molar-refractivity contribution < 1.29 is 19.1 Å². The quantitative estimate of drug-likeness (QED) is 0.818. The van der Waals surface area contributed by atoms with Crippen LogP contribution in [0.1, 0.15) is 43.0 Å². The van der Waals surface area contributed by atoms with Crippen molar-refractivity contribution in [2.45, 2.75) is 50.3 Å². The molecule has 1 saturated heterocycles. The fourth-order valence-electron chi connectivity index (χ4n) is 4.37. The van der Waals surface area contributed by atoms with E-state index in [1.54, 1.807) is 6.07 Å². The van der Waals surface area contributed by atoms with E-state index in [1.807, 2.05) is 25.1 Å². The summed E-state index contributed by atoms with van der Waals surface area (Å²) in [5, 5.41) is 6.23. The maximum atomic E-state index is 12.7. The average Bonchev–Trinajstić information content (AvgIpc) is 2.87. The molecular weight excluding hydrogens is 358 g/mol. The second kappa shape index (κ2) is 8.09. The molecule has 0 bridgehead atoms. The number of hydrogen-bond acceptors (Lipinski definition) is 5. The monoisotopic (exact) mass is 387 g/mol. The van der Waals surface area contributed by atoms with Gasteiger partial charge in [0.05, 0.1) is 31.4 Å². The fraction of sp³-hybridized carbons (Fsp3) is 0.619. The van der Waals surface area contributed by atoms with Crippen molar-refractivity contribution >= 4 is 11.8 Å². The number of morpholine rings is 1. The van der Waals surface area contributed by atoms with Crippen LogP contribution in [0.2, 0.25) is 0 Å². The van der Waals surface area contributed by atoms with Gasteiger partial charge in [0.15, 0.2) is 0 Å². The largest absolute Gasteiger partial charge is 0.485 e. The molecule has 2 aliphatic heterocycles. The van der Waals surface area contributed by atoms with Gasteiger partial charge in [0.1, 0.15) is 11.4 Å². The van der Waals surface area contributed by atoms with Crippen molar-refractivity contribution in [3.8, 4) is 5.75 Å². The fourth-order valence-corrected chi connectivity index (χ4v) is 4.37. The number of carbonyl (C=O) groups is 2. The van der Waals surface area contributed by atoms with E-state index in [2.05, 4.69) is 15.5 Å². The average molecular weight is 387 g/mol. The molecule has 1 aromatic rings. The van der Waals surface area contributed by atoms with E-state index >= 15 is 0 Å². The lowest BCUT2D eigenvalue weighted by atomic mass is 9.81. The Kier molecular flexibility index (Phi) is 5.55. The first-order valence-electron chi connectivity index (χ1n) is 10.2.